The van der Waals surface area contributed by atoms with Crippen molar-refractivity contribution < 1.29 is 78.8 Å². The Morgan fingerprint density at radius 1 is 1.21 bits per heavy atom. The number of nitrogens with one attached hydrogen (secondary N) is 1. The predicted molar refractivity (Wildman–Crippen MR) is 98.9 cm³/mol. The van der Waals surface area contributed by atoms with E-state index in [4.69, 9.17) is 14.2 Å². The zero-order valence-corrected chi connectivity index (χ0v) is 20.2. The van der Waals surface area contributed by atoms with Gasteiger partial charge in [-0.2, -0.15) is 0 Å². The fraction of sp³-hybridized carbons (Fsp3) is 0.333. The van der Waals surface area contributed by atoms with Crippen molar-refractivity contribution in [3.05, 3.63) is 40.7 Å². The molecule has 2 heterocycles. The zero-order chi connectivity index (χ0) is 19.9. The van der Waals surface area contributed by atoms with Crippen LogP contribution in [0.4, 0.5) is 5.69 Å². The minimum atomic E-state index is -4.14. The van der Waals surface area contributed by atoms with Gasteiger partial charge in [0.15, 0.2) is 0 Å². The van der Waals surface area contributed by atoms with Crippen LogP contribution < -0.4 is 70.9 Å². The summed E-state index contributed by atoms with van der Waals surface area (Å²) in [5.74, 6) is 0.281. The quantitative estimate of drug-likeness (QED) is 0.598. The van der Waals surface area contributed by atoms with Crippen LogP contribution in [0.3, 0.4) is 0 Å². The molecule has 1 spiro atoms. The first-order valence-electron chi connectivity index (χ1n) is 8.51. The van der Waals surface area contributed by atoms with E-state index in [-0.39, 0.29) is 90.6 Å². The molecule has 0 unspecified atom stereocenters. The van der Waals surface area contributed by atoms with Crippen LogP contribution in [0, 0.1) is 0 Å². The van der Waals surface area contributed by atoms with Gasteiger partial charge in [-0.25, -0.2) is 13.4 Å². The van der Waals surface area contributed by atoms with Crippen LogP contribution in [0.15, 0.2) is 35.4 Å². The number of ether oxygens (including phenoxy) is 3. The Kier molecular flexibility index (Phi) is 6.46. The van der Waals surface area contributed by atoms with Crippen LogP contribution in [0.5, 0.6) is 17.4 Å². The Morgan fingerprint density at radius 2 is 1.97 bits per heavy atom. The molecular weight excluding hydrogens is 425 g/mol. The standard InChI is InChI=1S/C18H18N3O6S.K/c1-25-12-3-4-14(26-2)15(8-12)28(23,24)21-11-7-13-16(22)20-18(5-6-18)10-27-17(13)19-9-11;/h3-4,7-9H,5-6,10H2,1-2H3,(H,20,22);/q-1;+1. The van der Waals surface area contributed by atoms with Crippen molar-refractivity contribution in [3.8, 4) is 17.4 Å². The Balaban J connectivity index is 0.00000240. The average Bonchev–Trinajstić information content (AvgIpc) is 3.47. The molecule has 1 aromatic heterocycles. The van der Waals surface area contributed by atoms with Crippen LogP contribution in [0.25, 0.3) is 4.72 Å². The first kappa shape index (κ1) is 22.3. The maximum absolute atomic E-state index is 12.8. The molecule has 1 fully saturated rings. The molecule has 1 N–H and O–H groups in total. The topological polar surface area (TPSA) is 118 Å². The van der Waals surface area contributed by atoms with Gasteiger partial charge >= 0.3 is 51.4 Å². The number of methoxy groups -OCH3 is 2. The van der Waals surface area contributed by atoms with E-state index in [1.165, 1.54) is 38.6 Å². The number of hydrogen-bond acceptors (Lipinski definition) is 7. The van der Waals surface area contributed by atoms with Gasteiger partial charge in [-0.05, 0) is 25.0 Å². The number of nitrogens with zero attached hydrogens (tertiary/aromatic N) is 2. The van der Waals surface area contributed by atoms with Crippen molar-refractivity contribution in [2.24, 2.45) is 0 Å². The average molecular weight is 444 g/mol. The summed E-state index contributed by atoms with van der Waals surface area (Å²) in [6.07, 6.45) is 2.93. The molecule has 1 aliphatic heterocycles. The predicted octanol–water partition coefficient (Wildman–Crippen LogP) is -0.848. The Labute approximate surface area is 211 Å². The summed E-state index contributed by atoms with van der Waals surface area (Å²) in [7, 11) is -1.36. The van der Waals surface area contributed by atoms with Crippen molar-refractivity contribution in [1.82, 2.24) is 10.3 Å². The number of hydrogen-bond donors (Lipinski definition) is 1. The largest absolute Gasteiger partial charge is 1.00 e. The van der Waals surface area contributed by atoms with Gasteiger partial charge in [-0.1, -0.05) is 6.07 Å². The number of benzene rings is 1. The van der Waals surface area contributed by atoms with Gasteiger partial charge in [0.25, 0.3) is 5.91 Å². The molecule has 0 saturated heterocycles. The molecule has 2 aliphatic rings. The Hall–Kier alpha value is -1.37. The van der Waals surface area contributed by atoms with Crippen LogP contribution in [0.2, 0.25) is 0 Å². The summed E-state index contributed by atoms with van der Waals surface area (Å²) in [6.45, 7) is 0.342. The molecule has 0 bridgehead atoms. The summed E-state index contributed by atoms with van der Waals surface area (Å²) in [5.41, 5.74) is -0.179. The van der Waals surface area contributed by atoms with E-state index < -0.39 is 10.0 Å². The normalized spacial score (nSPS) is 16.4. The summed E-state index contributed by atoms with van der Waals surface area (Å²) >= 11 is 0. The molecule has 1 amide bonds. The maximum Gasteiger partial charge on any atom is 1.00 e. The van der Waals surface area contributed by atoms with Gasteiger partial charge in [0, 0.05) is 12.3 Å². The smallest absolute Gasteiger partial charge is 0.571 e. The molecular formula is C18H18KN3O6S. The molecule has 4 rings (SSSR count). The minimum absolute atomic E-state index is 0. The van der Waals surface area contributed by atoms with Crippen LogP contribution >= 0.6 is 0 Å². The second kappa shape index (κ2) is 8.40. The number of rotatable bonds is 5. The van der Waals surface area contributed by atoms with Crippen LogP contribution in [-0.2, 0) is 10.0 Å². The number of carbonyl (C=O) groups excluding carboxylic acids is 1. The van der Waals surface area contributed by atoms with Crippen molar-refractivity contribution in [1.29, 1.82) is 0 Å². The third-order valence-electron chi connectivity index (χ3n) is 4.67. The minimum Gasteiger partial charge on any atom is -0.571 e. The van der Waals surface area contributed by atoms with E-state index >= 15 is 0 Å². The third kappa shape index (κ3) is 4.54. The van der Waals surface area contributed by atoms with Crippen LogP contribution in [-0.4, -0.2) is 45.7 Å². The number of amides is 1. The molecule has 0 atom stereocenters. The van der Waals surface area contributed by atoms with E-state index in [1.54, 1.807) is 6.07 Å². The van der Waals surface area contributed by atoms with Crippen molar-refractivity contribution in [2.75, 3.05) is 20.8 Å². The molecule has 1 aromatic carbocycles. The second-order valence-corrected chi connectivity index (χ2v) is 8.23. The summed E-state index contributed by atoms with van der Waals surface area (Å²) in [6, 6.07) is 5.73. The molecule has 2 aromatic rings. The number of fused-ring (bicyclic) bond motifs is 1. The molecule has 9 nitrogen and oxygen atoms in total. The summed E-state index contributed by atoms with van der Waals surface area (Å²) in [5, 5.41) is 2.91. The monoisotopic (exact) mass is 443 g/mol. The third-order valence-corrected chi connectivity index (χ3v) is 6.00. The summed E-state index contributed by atoms with van der Waals surface area (Å²) in [4.78, 5) is 16.4. The van der Waals surface area contributed by atoms with Gasteiger partial charge in [0.05, 0.1) is 24.7 Å². The van der Waals surface area contributed by atoms with E-state index in [1.807, 2.05) is 0 Å². The number of pyridine rings is 1. The van der Waals surface area contributed by atoms with Gasteiger partial charge in [-0.15, -0.1) is 5.69 Å². The van der Waals surface area contributed by atoms with Gasteiger partial charge < -0.3 is 24.2 Å². The molecule has 148 valence electrons. The van der Waals surface area contributed by atoms with E-state index in [9.17, 15) is 13.2 Å². The molecule has 1 saturated carbocycles. The van der Waals surface area contributed by atoms with Crippen molar-refractivity contribution >= 4 is 21.6 Å². The number of aromatic nitrogens is 1. The SMILES string of the molecule is COc1ccc(OC)c(S(=O)(=O)[N-]c2cnc3c(c2)C(=O)NC2(CC2)CO3)c1.[K+]. The molecule has 1 aliphatic carbocycles. The van der Waals surface area contributed by atoms with Gasteiger partial charge in [-0.3, -0.25) is 4.79 Å². The van der Waals surface area contributed by atoms with Crippen molar-refractivity contribution in [3.63, 3.8) is 0 Å². The zero-order valence-electron chi connectivity index (χ0n) is 16.3. The second-order valence-electron chi connectivity index (χ2n) is 6.65. The van der Waals surface area contributed by atoms with E-state index in [0.29, 0.717) is 12.4 Å². The molecule has 11 heteroatoms. The summed E-state index contributed by atoms with van der Waals surface area (Å²) < 4.78 is 45.3. The fourth-order valence-corrected chi connectivity index (χ4v) is 4.06. The van der Waals surface area contributed by atoms with Crippen molar-refractivity contribution in [2.45, 2.75) is 23.3 Å². The fourth-order valence-electron chi connectivity index (χ4n) is 2.91. The van der Waals surface area contributed by atoms with Crippen LogP contribution in [0.1, 0.15) is 23.2 Å². The first-order chi connectivity index (χ1) is 13.4. The molecule has 0 radical (unpaired) electrons. The van der Waals surface area contributed by atoms with Gasteiger partial charge in [0.1, 0.15) is 33.7 Å². The number of carbonyl (C=O) groups is 1. The Bertz CT molecular complexity index is 1060. The van der Waals surface area contributed by atoms with E-state index in [2.05, 4.69) is 15.0 Å². The molecule has 29 heavy (non-hydrogen) atoms. The van der Waals surface area contributed by atoms with Gasteiger partial charge in [0.2, 0.25) is 5.88 Å². The number of sulfonamides is 1. The Morgan fingerprint density at radius 3 is 2.62 bits per heavy atom. The van der Waals surface area contributed by atoms with E-state index in [0.717, 1.165) is 12.8 Å². The maximum atomic E-state index is 12.8. The first-order valence-corrected chi connectivity index (χ1v) is 9.95.